The van der Waals surface area contributed by atoms with E-state index in [0.29, 0.717) is 10.6 Å². The lowest BCUT2D eigenvalue weighted by molar-refractivity contribution is 0.0978. The zero-order valence-corrected chi connectivity index (χ0v) is 12.4. The maximum absolute atomic E-state index is 11.9. The molecule has 2 aromatic rings. The molecule has 0 saturated carbocycles. The van der Waals surface area contributed by atoms with Crippen molar-refractivity contribution in [2.45, 2.75) is 6.92 Å². The van der Waals surface area contributed by atoms with E-state index in [1.54, 1.807) is 30.3 Å². The maximum Gasteiger partial charge on any atom is 0.257 e. The van der Waals surface area contributed by atoms with Crippen molar-refractivity contribution in [3.05, 3.63) is 64.7 Å². The Hall–Kier alpha value is -1.91. The zero-order chi connectivity index (χ0) is 14.5. The summed E-state index contributed by atoms with van der Waals surface area (Å²) in [7, 11) is 0. The van der Waals surface area contributed by atoms with E-state index in [0.717, 1.165) is 11.3 Å². The third-order valence-electron chi connectivity index (χ3n) is 2.78. The molecule has 0 saturated heterocycles. The Kier molecular flexibility index (Phi) is 4.71. The number of rotatable bonds is 2. The van der Waals surface area contributed by atoms with Gasteiger partial charge in [-0.1, -0.05) is 35.9 Å². The second-order valence-corrected chi connectivity index (χ2v) is 5.00. The minimum absolute atomic E-state index is 0.240. The molecule has 0 spiro atoms. The molecule has 102 valence electrons. The van der Waals surface area contributed by atoms with Gasteiger partial charge in [-0.25, -0.2) is 0 Å². The minimum Gasteiger partial charge on any atom is -0.332 e. The van der Waals surface area contributed by atoms with Gasteiger partial charge in [0.15, 0.2) is 5.11 Å². The number of hydrogen-bond donors (Lipinski definition) is 2. The molecule has 0 fully saturated rings. The maximum atomic E-state index is 11.9. The molecule has 2 rings (SSSR count). The first-order valence-corrected chi connectivity index (χ1v) is 6.79. The Morgan fingerprint density at radius 2 is 1.80 bits per heavy atom. The van der Waals surface area contributed by atoms with Crippen LogP contribution in [0.1, 0.15) is 15.9 Å². The van der Waals surface area contributed by atoms with Crippen molar-refractivity contribution < 1.29 is 4.79 Å². The molecular weight excluding hydrogens is 292 g/mol. The molecule has 2 N–H and O–H groups in total. The number of nitrogens with one attached hydrogen (secondary N) is 2. The van der Waals surface area contributed by atoms with Crippen LogP contribution in [0.5, 0.6) is 0 Å². The van der Waals surface area contributed by atoms with Crippen LogP contribution in [0.25, 0.3) is 0 Å². The zero-order valence-electron chi connectivity index (χ0n) is 10.8. The number of carbonyl (C=O) groups excluding carboxylic acids is 1. The molecule has 0 bridgehead atoms. The highest BCUT2D eigenvalue weighted by Crippen LogP contribution is 2.22. The highest BCUT2D eigenvalue weighted by molar-refractivity contribution is 7.80. The first kappa shape index (κ1) is 14.5. The number of hydrogen-bond acceptors (Lipinski definition) is 2. The number of benzene rings is 2. The number of thiocarbonyl (C=S) groups is 1. The Morgan fingerprint density at radius 1 is 1.10 bits per heavy atom. The van der Waals surface area contributed by atoms with Crippen molar-refractivity contribution in [2.24, 2.45) is 0 Å². The van der Waals surface area contributed by atoms with E-state index >= 15 is 0 Å². The van der Waals surface area contributed by atoms with E-state index in [-0.39, 0.29) is 11.0 Å². The topological polar surface area (TPSA) is 41.1 Å². The van der Waals surface area contributed by atoms with Crippen LogP contribution in [0.3, 0.4) is 0 Å². The van der Waals surface area contributed by atoms with Crippen LogP contribution in [0.15, 0.2) is 48.5 Å². The molecule has 0 aliphatic carbocycles. The van der Waals surface area contributed by atoms with E-state index < -0.39 is 0 Å². The summed E-state index contributed by atoms with van der Waals surface area (Å²) in [5.41, 5.74) is 2.21. The molecule has 3 nitrogen and oxygen atoms in total. The fourth-order valence-corrected chi connectivity index (χ4v) is 2.04. The fourth-order valence-electron chi connectivity index (χ4n) is 1.66. The number of amides is 1. The Balaban J connectivity index is 2.03. The number of halogens is 1. The normalized spacial score (nSPS) is 9.90. The smallest absolute Gasteiger partial charge is 0.257 e. The Bertz CT molecular complexity index is 644. The molecule has 0 unspecified atom stereocenters. The molecule has 1 amide bonds. The Labute approximate surface area is 128 Å². The number of carbonyl (C=O) groups is 1. The molecule has 0 atom stereocenters. The molecular formula is C15H13ClN2OS. The van der Waals surface area contributed by atoms with Crippen molar-refractivity contribution in [2.75, 3.05) is 5.32 Å². The van der Waals surface area contributed by atoms with Gasteiger partial charge in [0.2, 0.25) is 0 Å². The second-order valence-electron chi connectivity index (χ2n) is 4.19. The van der Waals surface area contributed by atoms with E-state index in [2.05, 4.69) is 10.6 Å². The second kappa shape index (κ2) is 6.50. The van der Waals surface area contributed by atoms with Crippen molar-refractivity contribution in [1.29, 1.82) is 0 Å². The lowest BCUT2D eigenvalue weighted by Gasteiger charge is -2.12. The van der Waals surface area contributed by atoms with Crippen LogP contribution in [-0.2, 0) is 0 Å². The summed E-state index contributed by atoms with van der Waals surface area (Å²) in [6.45, 7) is 1.88. The van der Waals surface area contributed by atoms with Gasteiger partial charge in [-0.3, -0.25) is 10.1 Å². The van der Waals surface area contributed by atoms with Gasteiger partial charge in [-0.2, -0.15) is 0 Å². The summed E-state index contributed by atoms with van der Waals surface area (Å²) < 4.78 is 0. The van der Waals surface area contributed by atoms with Crippen LogP contribution >= 0.6 is 23.8 Å². The minimum atomic E-state index is -0.247. The summed E-state index contributed by atoms with van der Waals surface area (Å²) in [5, 5.41) is 6.48. The van der Waals surface area contributed by atoms with Gasteiger partial charge in [0.1, 0.15) is 0 Å². The van der Waals surface area contributed by atoms with Crippen LogP contribution in [-0.4, -0.2) is 11.0 Å². The predicted octanol–water partition coefficient (Wildman–Crippen LogP) is 3.78. The molecule has 0 aliphatic rings. The van der Waals surface area contributed by atoms with E-state index in [4.69, 9.17) is 23.8 Å². The molecule has 0 aromatic heterocycles. The predicted molar refractivity (Wildman–Crippen MR) is 86.3 cm³/mol. The average molecular weight is 305 g/mol. The van der Waals surface area contributed by atoms with E-state index in [1.165, 1.54) is 0 Å². The highest BCUT2D eigenvalue weighted by atomic mass is 35.5. The van der Waals surface area contributed by atoms with Gasteiger partial charge >= 0.3 is 0 Å². The van der Waals surface area contributed by atoms with Crippen LogP contribution < -0.4 is 10.6 Å². The quantitative estimate of drug-likeness (QED) is 0.830. The van der Waals surface area contributed by atoms with Crippen molar-refractivity contribution in [3.63, 3.8) is 0 Å². The lowest BCUT2D eigenvalue weighted by atomic mass is 10.2. The SMILES string of the molecule is Cc1c(Cl)cccc1NC(=S)NC(=O)c1ccccc1. The van der Waals surface area contributed by atoms with Gasteiger partial charge in [0.25, 0.3) is 5.91 Å². The van der Waals surface area contributed by atoms with Crippen LogP contribution in [0, 0.1) is 6.92 Å². The molecule has 5 heteroatoms. The highest BCUT2D eigenvalue weighted by Gasteiger charge is 2.08. The molecule has 0 radical (unpaired) electrons. The third kappa shape index (κ3) is 3.56. The van der Waals surface area contributed by atoms with Crippen molar-refractivity contribution >= 4 is 40.5 Å². The van der Waals surface area contributed by atoms with Crippen LogP contribution in [0.2, 0.25) is 5.02 Å². The van der Waals surface area contributed by atoms with Crippen molar-refractivity contribution in [1.82, 2.24) is 5.32 Å². The first-order valence-electron chi connectivity index (χ1n) is 6.00. The molecule has 20 heavy (non-hydrogen) atoms. The molecule has 2 aromatic carbocycles. The largest absolute Gasteiger partial charge is 0.332 e. The summed E-state index contributed by atoms with van der Waals surface area (Å²) in [6, 6.07) is 14.4. The lowest BCUT2D eigenvalue weighted by Crippen LogP contribution is -2.34. The van der Waals surface area contributed by atoms with Crippen LogP contribution in [0.4, 0.5) is 5.69 Å². The van der Waals surface area contributed by atoms with Gasteiger partial charge in [-0.05, 0) is 49.0 Å². The van der Waals surface area contributed by atoms with E-state index in [9.17, 15) is 4.79 Å². The fraction of sp³-hybridized carbons (Fsp3) is 0.0667. The van der Waals surface area contributed by atoms with Gasteiger partial charge in [0, 0.05) is 16.3 Å². The summed E-state index contributed by atoms with van der Waals surface area (Å²) in [5.74, 6) is -0.247. The van der Waals surface area contributed by atoms with Gasteiger partial charge in [-0.15, -0.1) is 0 Å². The molecule has 0 heterocycles. The summed E-state index contributed by atoms with van der Waals surface area (Å²) >= 11 is 11.2. The molecule has 0 aliphatic heterocycles. The van der Waals surface area contributed by atoms with Gasteiger partial charge in [0.05, 0.1) is 0 Å². The van der Waals surface area contributed by atoms with E-state index in [1.807, 2.05) is 25.1 Å². The Morgan fingerprint density at radius 3 is 2.50 bits per heavy atom. The average Bonchev–Trinajstić information content (AvgIpc) is 2.45. The number of anilines is 1. The monoisotopic (exact) mass is 304 g/mol. The third-order valence-corrected chi connectivity index (χ3v) is 3.39. The standard InChI is InChI=1S/C15H13ClN2OS/c1-10-12(16)8-5-9-13(10)17-15(20)18-14(19)11-6-3-2-4-7-11/h2-9H,1H3,(H2,17,18,19,20). The van der Waals surface area contributed by atoms with Gasteiger partial charge < -0.3 is 5.32 Å². The summed E-state index contributed by atoms with van der Waals surface area (Å²) in [6.07, 6.45) is 0. The summed E-state index contributed by atoms with van der Waals surface area (Å²) in [4.78, 5) is 11.9. The first-order chi connectivity index (χ1) is 9.58. The van der Waals surface area contributed by atoms with Crippen molar-refractivity contribution in [3.8, 4) is 0 Å².